The maximum Gasteiger partial charge on any atom is 0.185 e. The van der Waals surface area contributed by atoms with Gasteiger partial charge in [-0.1, -0.05) is 28.1 Å². The molecule has 1 aromatic heterocycles. The largest absolute Gasteiger partial charge is 0.331 e. The van der Waals surface area contributed by atoms with Crippen LogP contribution in [0.15, 0.2) is 41.3 Å². The van der Waals surface area contributed by atoms with Crippen molar-refractivity contribution in [3.63, 3.8) is 0 Å². The number of hydrogen-bond acceptors (Lipinski definition) is 2. The van der Waals surface area contributed by atoms with E-state index in [9.17, 15) is 4.79 Å². The highest BCUT2D eigenvalue weighted by Gasteiger charge is 2.10. The van der Waals surface area contributed by atoms with Crippen LogP contribution < -0.4 is 0 Å². The number of nitrogens with zero attached hydrogens (tertiary/aromatic N) is 2. The molecule has 0 amide bonds. The molecule has 0 bridgehead atoms. The number of aromatic nitrogens is 2. The fraction of sp³-hybridized carbons (Fsp3) is 0.167. The van der Waals surface area contributed by atoms with Crippen molar-refractivity contribution >= 4 is 21.7 Å². The summed E-state index contributed by atoms with van der Waals surface area (Å²) in [6, 6.07) is 7.76. The Morgan fingerprint density at radius 3 is 2.62 bits per heavy atom. The van der Waals surface area contributed by atoms with Gasteiger partial charge in [-0.2, -0.15) is 0 Å². The number of aryl methyl sites for hydroxylation is 1. The van der Waals surface area contributed by atoms with Crippen LogP contribution >= 0.6 is 15.9 Å². The van der Waals surface area contributed by atoms with E-state index in [4.69, 9.17) is 0 Å². The molecule has 2 rings (SSSR count). The van der Waals surface area contributed by atoms with Crippen LogP contribution in [0.25, 0.3) is 0 Å². The fourth-order valence-corrected chi connectivity index (χ4v) is 1.77. The highest BCUT2D eigenvalue weighted by atomic mass is 79.9. The molecule has 4 heteroatoms. The van der Waals surface area contributed by atoms with Gasteiger partial charge in [-0.25, -0.2) is 4.98 Å². The summed E-state index contributed by atoms with van der Waals surface area (Å²) in [5.74, 6) is 0.0855. The van der Waals surface area contributed by atoms with Crippen LogP contribution in [-0.4, -0.2) is 15.3 Å². The van der Waals surface area contributed by atoms with Crippen LogP contribution in [0.3, 0.4) is 0 Å². The quantitative estimate of drug-likeness (QED) is 0.809. The predicted octanol–water partition coefficient (Wildman–Crippen LogP) is 2.61. The van der Waals surface area contributed by atoms with Gasteiger partial charge >= 0.3 is 0 Å². The van der Waals surface area contributed by atoms with E-state index in [1.165, 1.54) is 0 Å². The second-order valence-corrected chi connectivity index (χ2v) is 4.53. The van der Waals surface area contributed by atoms with Gasteiger partial charge in [0.05, 0.1) is 12.5 Å². The van der Waals surface area contributed by atoms with Crippen molar-refractivity contribution in [1.29, 1.82) is 0 Å². The fourth-order valence-electron chi connectivity index (χ4n) is 1.50. The standard InChI is InChI=1S/C12H11BrN2O/c1-15-8-14-7-11(15)12(16)6-9-2-4-10(13)5-3-9/h2-5,7-8H,6H2,1H3. The van der Waals surface area contributed by atoms with Crippen molar-refractivity contribution < 1.29 is 4.79 Å². The molecule has 0 spiro atoms. The van der Waals surface area contributed by atoms with Gasteiger partial charge in [-0.15, -0.1) is 0 Å². The lowest BCUT2D eigenvalue weighted by Crippen LogP contribution is -2.08. The van der Waals surface area contributed by atoms with Crippen LogP contribution in [0.2, 0.25) is 0 Å². The minimum Gasteiger partial charge on any atom is -0.331 e. The van der Waals surface area contributed by atoms with E-state index in [1.54, 1.807) is 17.1 Å². The van der Waals surface area contributed by atoms with Gasteiger partial charge in [0.15, 0.2) is 5.78 Å². The lowest BCUT2D eigenvalue weighted by Gasteiger charge is -2.02. The van der Waals surface area contributed by atoms with Gasteiger partial charge in [-0.05, 0) is 17.7 Å². The maximum atomic E-state index is 11.9. The van der Waals surface area contributed by atoms with Gasteiger partial charge < -0.3 is 4.57 Å². The van der Waals surface area contributed by atoms with E-state index < -0.39 is 0 Å². The Labute approximate surface area is 102 Å². The SMILES string of the molecule is Cn1cncc1C(=O)Cc1ccc(Br)cc1. The number of imidazole rings is 1. The molecule has 1 heterocycles. The molecule has 0 saturated heterocycles. The Hall–Kier alpha value is -1.42. The van der Waals surface area contributed by atoms with Crippen molar-refractivity contribution in [2.75, 3.05) is 0 Å². The first-order valence-corrected chi connectivity index (χ1v) is 5.70. The van der Waals surface area contributed by atoms with Gasteiger partial charge in [-0.3, -0.25) is 4.79 Å². The van der Waals surface area contributed by atoms with Crippen LogP contribution in [0, 0.1) is 0 Å². The predicted molar refractivity (Wildman–Crippen MR) is 65.4 cm³/mol. The summed E-state index contributed by atoms with van der Waals surface area (Å²) < 4.78 is 2.76. The smallest absolute Gasteiger partial charge is 0.185 e. The van der Waals surface area contributed by atoms with Crippen molar-refractivity contribution in [2.24, 2.45) is 7.05 Å². The lowest BCUT2D eigenvalue weighted by atomic mass is 10.1. The molecule has 2 aromatic rings. The maximum absolute atomic E-state index is 11.9. The Bertz CT molecular complexity index is 502. The van der Waals surface area contributed by atoms with E-state index in [1.807, 2.05) is 31.3 Å². The van der Waals surface area contributed by atoms with Crippen molar-refractivity contribution in [3.8, 4) is 0 Å². The Kier molecular flexibility index (Phi) is 3.19. The van der Waals surface area contributed by atoms with Crippen LogP contribution in [0.4, 0.5) is 0 Å². The highest BCUT2D eigenvalue weighted by molar-refractivity contribution is 9.10. The summed E-state index contributed by atoms with van der Waals surface area (Å²) in [4.78, 5) is 15.8. The number of benzene rings is 1. The third-order valence-electron chi connectivity index (χ3n) is 2.38. The molecule has 0 saturated carbocycles. The molecule has 0 aliphatic heterocycles. The van der Waals surface area contributed by atoms with E-state index in [-0.39, 0.29) is 5.78 Å². The Balaban J connectivity index is 2.14. The molecule has 0 radical (unpaired) electrons. The summed E-state index contributed by atoms with van der Waals surface area (Å²) in [6.45, 7) is 0. The number of carbonyl (C=O) groups is 1. The van der Waals surface area contributed by atoms with Crippen molar-refractivity contribution in [3.05, 3.63) is 52.5 Å². The highest BCUT2D eigenvalue weighted by Crippen LogP contribution is 2.12. The van der Waals surface area contributed by atoms with E-state index in [2.05, 4.69) is 20.9 Å². The average molecular weight is 279 g/mol. The Morgan fingerprint density at radius 2 is 2.06 bits per heavy atom. The molecular weight excluding hydrogens is 268 g/mol. The zero-order valence-corrected chi connectivity index (χ0v) is 10.4. The first kappa shape index (κ1) is 11.1. The van der Waals surface area contributed by atoms with E-state index in [0.717, 1.165) is 10.0 Å². The molecule has 1 aromatic carbocycles. The first-order valence-electron chi connectivity index (χ1n) is 4.91. The molecule has 0 atom stereocenters. The second-order valence-electron chi connectivity index (χ2n) is 3.62. The normalized spacial score (nSPS) is 10.4. The molecule has 0 fully saturated rings. The number of ketones is 1. The molecule has 0 N–H and O–H groups in total. The first-order chi connectivity index (χ1) is 7.66. The number of hydrogen-bond donors (Lipinski definition) is 0. The van der Waals surface area contributed by atoms with Crippen molar-refractivity contribution in [2.45, 2.75) is 6.42 Å². The van der Waals surface area contributed by atoms with E-state index >= 15 is 0 Å². The molecule has 82 valence electrons. The molecule has 0 unspecified atom stereocenters. The number of Topliss-reactive ketones (excluding diaryl/α,β-unsaturated/α-hetero) is 1. The van der Waals surface area contributed by atoms with Gasteiger partial charge in [0, 0.05) is 17.9 Å². The van der Waals surface area contributed by atoms with Gasteiger partial charge in [0.2, 0.25) is 0 Å². The van der Waals surface area contributed by atoms with Gasteiger partial charge in [0.25, 0.3) is 0 Å². The zero-order chi connectivity index (χ0) is 11.5. The topological polar surface area (TPSA) is 34.9 Å². The lowest BCUT2D eigenvalue weighted by molar-refractivity contribution is 0.0985. The summed E-state index contributed by atoms with van der Waals surface area (Å²) in [5, 5.41) is 0. The van der Waals surface area contributed by atoms with Crippen LogP contribution in [-0.2, 0) is 13.5 Å². The minimum atomic E-state index is 0.0855. The van der Waals surface area contributed by atoms with E-state index in [0.29, 0.717) is 12.1 Å². The summed E-state index contributed by atoms with van der Waals surface area (Å²) >= 11 is 3.36. The molecule has 3 nitrogen and oxygen atoms in total. The molecule has 0 aliphatic rings. The number of halogens is 1. The third kappa shape index (κ3) is 2.39. The zero-order valence-electron chi connectivity index (χ0n) is 8.85. The Morgan fingerprint density at radius 1 is 1.38 bits per heavy atom. The second kappa shape index (κ2) is 4.61. The summed E-state index contributed by atoms with van der Waals surface area (Å²) in [7, 11) is 1.82. The monoisotopic (exact) mass is 278 g/mol. The van der Waals surface area contributed by atoms with Crippen LogP contribution in [0.1, 0.15) is 16.1 Å². The number of carbonyl (C=O) groups excluding carboxylic acids is 1. The average Bonchev–Trinajstić information content (AvgIpc) is 2.68. The molecular formula is C12H11BrN2O. The van der Waals surface area contributed by atoms with Crippen LogP contribution in [0.5, 0.6) is 0 Å². The number of rotatable bonds is 3. The summed E-state index contributed by atoms with van der Waals surface area (Å²) in [5.41, 5.74) is 1.65. The van der Waals surface area contributed by atoms with Gasteiger partial charge in [0.1, 0.15) is 5.69 Å². The minimum absolute atomic E-state index is 0.0855. The third-order valence-corrected chi connectivity index (χ3v) is 2.91. The van der Waals surface area contributed by atoms with Crippen molar-refractivity contribution in [1.82, 2.24) is 9.55 Å². The summed E-state index contributed by atoms with van der Waals surface area (Å²) in [6.07, 6.45) is 3.64. The molecule has 16 heavy (non-hydrogen) atoms. The molecule has 0 aliphatic carbocycles.